The number of carbonyl (C=O) groups excluding carboxylic acids is 1. The predicted molar refractivity (Wildman–Crippen MR) is 60.6 cm³/mol. The molecule has 0 bridgehead atoms. The molecule has 0 spiro atoms. The van der Waals surface area contributed by atoms with Crippen molar-refractivity contribution in [2.45, 2.75) is 38.5 Å². The van der Waals surface area contributed by atoms with Crippen LogP contribution < -0.4 is 0 Å². The van der Waals surface area contributed by atoms with Crippen molar-refractivity contribution in [1.29, 1.82) is 0 Å². The Hall–Kier alpha value is -0.820. The van der Waals surface area contributed by atoms with E-state index in [2.05, 4.69) is 4.74 Å². The van der Waals surface area contributed by atoms with Gasteiger partial charge in [-0.15, -0.1) is 0 Å². The van der Waals surface area contributed by atoms with Gasteiger partial charge in [-0.05, 0) is 25.2 Å². The minimum absolute atomic E-state index is 0.235. The molecular formula is C12H19F3O4. The van der Waals surface area contributed by atoms with E-state index in [0.717, 1.165) is 19.8 Å². The Morgan fingerprint density at radius 1 is 1.37 bits per heavy atom. The van der Waals surface area contributed by atoms with Gasteiger partial charge in [0.1, 0.15) is 0 Å². The zero-order valence-electron chi connectivity index (χ0n) is 10.9. The van der Waals surface area contributed by atoms with Crippen LogP contribution in [0.2, 0.25) is 0 Å². The van der Waals surface area contributed by atoms with Crippen LogP contribution in [0, 0.1) is 5.92 Å². The molecule has 4 nitrogen and oxygen atoms in total. The summed E-state index contributed by atoms with van der Waals surface area (Å²) in [4.78, 5) is 10.6. The van der Waals surface area contributed by atoms with Crippen LogP contribution in [-0.2, 0) is 19.0 Å². The van der Waals surface area contributed by atoms with Crippen molar-refractivity contribution in [1.82, 2.24) is 0 Å². The summed E-state index contributed by atoms with van der Waals surface area (Å²) in [6, 6.07) is 0. The third-order valence-corrected chi connectivity index (χ3v) is 2.95. The molecule has 1 unspecified atom stereocenters. The summed E-state index contributed by atoms with van der Waals surface area (Å²) in [7, 11) is 0. The second-order valence-electron chi connectivity index (χ2n) is 4.56. The van der Waals surface area contributed by atoms with Gasteiger partial charge >= 0.3 is 12.1 Å². The smallest absolute Gasteiger partial charge is 0.427 e. The average Bonchev–Trinajstić information content (AvgIpc) is 2.32. The number of halogens is 3. The van der Waals surface area contributed by atoms with Crippen molar-refractivity contribution < 1.29 is 32.2 Å². The third-order valence-electron chi connectivity index (χ3n) is 2.95. The van der Waals surface area contributed by atoms with Gasteiger partial charge in [-0.1, -0.05) is 0 Å². The van der Waals surface area contributed by atoms with Crippen molar-refractivity contribution in [2.75, 3.05) is 26.4 Å². The summed E-state index contributed by atoms with van der Waals surface area (Å²) in [6.07, 6.45) is -4.25. The highest BCUT2D eigenvalue weighted by atomic mass is 19.4. The highest BCUT2D eigenvalue weighted by molar-refractivity contribution is 5.66. The number of hydrogen-bond acceptors (Lipinski definition) is 4. The van der Waals surface area contributed by atoms with Crippen LogP contribution in [0.1, 0.15) is 26.2 Å². The topological polar surface area (TPSA) is 44.8 Å². The zero-order valence-corrected chi connectivity index (χ0v) is 10.9. The van der Waals surface area contributed by atoms with Gasteiger partial charge in [0.15, 0.2) is 0 Å². The van der Waals surface area contributed by atoms with Crippen LogP contribution in [0.5, 0.6) is 0 Å². The first-order valence-corrected chi connectivity index (χ1v) is 6.29. The van der Waals surface area contributed by atoms with Gasteiger partial charge in [0.25, 0.3) is 0 Å². The van der Waals surface area contributed by atoms with E-state index in [-0.39, 0.29) is 6.61 Å². The van der Waals surface area contributed by atoms with E-state index in [1.165, 1.54) is 0 Å². The van der Waals surface area contributed by atoms with Gasteiger partial charge in [-0.3, -0.25) is 4.79 Å². The maximum atomic E-state index is 12.5. The molecule has 1 saturated heterocycles. The largest absolute Gasteiger partial charge is 0.450 e. The fourth-order valence-corrected chi connectivity index (χ4v) is 1.87. The monoisotopic (exact) mass is 284 g/mol. The van der Waals surface area contributed by atoms with Crippen molar-refractivity contribution in [3.63, 3.8) is 0 Å². The van der Waals surface area contributed by atoms with E-state index < -0.39 is 24.9 Å². The summed E-state index contributed by atoms with van der Waals surface area (Å²) < 4.78 is 51.8. The van der Waals surface area contributed by atoms with Crippen LogP contribution >= 0.6 is 0 Å². The zero-order chi connectivity index (χ0) is 14.3. The molecule has 19 heavy (non-hydrogen) atoms. The van der Waals surface area contributed by atoms with Crippen LogP contribution in [0.25, 0.3) is 0 Å². The second kappa shape index (κ2) is 7.69. The summed E-state index contributed by atoms with van der Waals surface area (Å²) in [6.45, 7) is 1.93. The summed E-state index contributed by atoms with van der Waals surface area (Å²) in [5.41, 5.74) is 0. The van der Waals surface area contributed by atoms with Crippen LogP contribution in [0.4, 0.5) is 13.2 Å². The molecule has 1 aliphatic rings. The summed E-state index contributed by atoms with van der Waals surface area (Å²) in [5, 5.41) is 0. The Morgan fingerprint density at radius 3 is 2.53 bits per heavy atom. The van der Waals surface area contributed by atoms with Crippen molar-refractivity contribution >= 4 is 5.97 Å². The van der Waals surface area contributed by atoms with E-state index in [0.29, 0.717) is 25.6 Å². The molecule has 0 amide bonds. The van der Waals surface area contributed by atoms with Gasteiger partial charge in [0.05, 0.1) is 6.61 Å². The third kappa shape index (κ3) is 6.77. The number of hydrogen-bond donors (Lipinski definition) is 0. The lowest BCUT2D eigenvalue weighted by Gasteiger charge is -2.23. The molecule has 0 saturated carbocycles. The standard InChI is InChI=1S/C12H19F3O4/c1-9(16)19-11(12(13,14)15)8-18-7-4-10-2-5-17-6-3-10/h10-11H,2-8H2,1H3. The number of carbonyl (C=O) groups is 1. The van der Waals surface area contributed by atoms with Crippen LogP contribution in [-0.4, -0.2) is 44.7 Å². The lowest BCUT2D eigenvalue weighted by Crippen LogP contribution is -2.37. The number of esters is 1. The Kier molecular flexibility index (Phi) is 6.57. The Bertz CT molecular complexity index is 275. The van der Waals surface area contributed by atoms with E-state index in [4.69, 9.17) is 9.47 Å². The molecule has 0 aromatic rings. The van der Waals surface area contributed by atoms with Gasteiger partial charge in [0, 0.05) is 26.7 Å². The lowest BCUT2D eigenvalue weighted by molar-refractivity contribution is -0.231. The molecule has 1 rings (SSSR count). The maximum absolute atomic E-state index is 12.5. The van der Waals surface area contributed by atoms with E-state index in [9.17, 15) is 18.0 Å². The normalized spacial score (nSPS) is 19.2. The molecule has 0 radical (unpaired) electrons. The molecule has 0 N–H and O–H groups in total. The van der Waals surface area contributed by atoms with E-state index in [1.807, 2.05) is 0 Å². The van der Waals surface area contributed by atoms with E-state index >= 15 is 0 Å². The number of rotatable bonds is 6. The molecule has 0 aromatic heterocycles. The number of alkyl halides is 3. The quantitative estimate of drug-likeness (QED) is 0.554. The van der Waals surface area contributed by atoms with Crippen LogP contribution in [0.3, 0.4) is 0 Å². The predicted octanol–water partition coefficient (Wildman–Crippen LogP) is 2.31. The van der Waals surface area contributed by atoms with Crippen molar-refractivity contribution in [3.8, 4) is 0 Å². The first kappa shape index (κ1) is 16.2. The minimum Gasteiger partial charge on any atom is -0.450 e. The first-order valence-electron chi connectivity index (χ1n) is 6.29. The Morgan fingerprint density at radius 2 is 2.00 bits per heavy atom. The highest BCUT2D eigenvalue weighted by Gasteiger charge is 2.42. The van der Waals surface area contributed by atoms with Crippen molar-refractivity contribution in [3.05, 3.63) is 0 Å². The maximum Gasteiger partial charge on any atom is 0.427 e. The lowest BCUT2D eigenvalue weighted by atomic mass is 9.97. The van der Waals surface area contributed by atoms with Gasteiger partial charge in [0.2, 0.25) is 6.10 Å². The van der Waals surface area contributed by atoms with Gasteiger partial charge in [-0.2, -0.15) is 13.2 Å². The van der Waals surface area contributed by atoms with Gasteiger partial charge in [-0.25, -0.2) is 0 Å². The molecule has 7 heteroatoms. The molecule has 0 aromatic carbocycles. The SMILES string of the molecule is CC(=O)OC(COCCC1CCOCC1)C(F)(F)F. The van der Waals surface area contributed by atoms with Crippen molar-refractivity contribution in [2.24, 2.45) is 5.92 Å². The average molecular weight is 284 g/mol. The molecular weight excluding hydrogens is 265 g/mol. The highest BCUT2D eigenvalue weighted by Crippen LogP contribution is 2.24. The summed E-state index contributed by atoms with van der Waals surface area (Å²) in [5.74, 6) is -0.526. The van der Waals surface area contributed by atoms with Crippen LogP contribution in [0.15, 0.2) is 0 Å². The molecule has 1 atom stereocenters. The summed E-state index contributed by atoms with van der Waals surface area (Å²) >= 11 is 0. The Balaban J connectivity index is 2.22. The molecule has 0 aliphatic carbocycles. The van der Waals surface area contributed by atoms with Gasteiger partial charge < -0.3 is 14.2 Å². The number of ether oxygens (including phenoxy) is 3. The molecule has 1 fully saturated rings. The Labute approximate surface area is 110 Å². The molecule has 112 valence electrons. The molecule has 1 heterocycles. The second-order valence-corrected chi connectivity index (χ2v) is 4.56. The van der Waals surface area contributed by atoms with E-state index in [1.54, 1.807) is 0 Å². The minimum atomic E-state index is -4.59. The fourth-order valence-electron chi connectivity index (χ4n) is 1.87. The fraction of sp³-hybridized carbons (Fsp3) is 0.917. The first-order chi connectivity index (χ1) is 8.89. The molecule has 1 aliphatic heterocycles.